The molecule has 0 aromatic carbocycles. The molecule has 0 bridgehead atoms. The van der Waals surface area contributed by atoms with Crippen LogP contribution >= 0.6 is 31.9 Å². The Labute approximate surface area is 181 Å². The van der Waals surface area contributed by atoms with Crippen molar-refractivity contribution in [1.29, 1.82) is 0 Å². The summed E-state index contributed by atoms with van der Waals surface area (Å²) in [5, 5.41) is 0. The minimum atomic E-state index is 0. The Kier molecular flexibility index (Phi) is 7.23. The van der Waals surface area contributed by atoms with Gasteiger partial charge in [-0.2, -0.15) is 0 Å². The van der Waals surface area contributed by atoms with E-state index in [9.17, 15) is 0 Å². The van der Waals surface area contributed by atoms with Gasteiger partial charge in [-0.15, -0.1) is 0 Å². The predicted octanol–water partition coefficient (Wildman–Crippen LogP) is 4.66. The molecule has 5 rings (SSSR count). The van der Waals surface area contributed by atoms with Crippen LogP contribution in [-0.4, -0.2) is 50.0 Å². The van der Waals surface area contributed by atoms with Crippen LogP contribution < -0.4 is 0 Å². The van der Waals surface area contributed by atoms with Crippen molar-refractivity contribution in [1.82, 2.24) is 23.7 Å². The molecule has 1 aliphatic heterocycles. The zero-order valence-electron chi connectivity index (χ0n) is 14.6. The van der Waals surface area contributed by atoms with Crippen LogP contribution in [0, 0.1) is 0 Å². The molecule has 8 heteroatoms. The Hall–Kier alpha value is -1.74. The molecular weight excluding hydrogens is 486 g/mol. The van der Waals surface area contributed by atoms with Crippen LogP contribution in [0.15, 0.2) is 64.2 Å². The SMILES string of the molecule is Brc1ccc2ncc(CN3CCOCC3)n2c1.Brc1ccc2nccn2c1.C. The van der Waals surface area contributed by atoms with E-state index in [1.165, 1.54) is 5.69 Å². The standard InChI is InChI=1S/C12H14BrN3O.C7H5BrN2.CH4/c13-10-1-2-12-14-7-11(16(12)8-10)9-15-3-5-17-6-4-15;8-6-1-2-7-9-3-4-10(7)5-6;/h1-2,7-8H,3-6,9H2;1-5H;1H4. The summed E-state index contributed by atoms with van der Waals surface area (Å²) in [6, 6.07) is 7.97. The van der Waals surface area contributed by atoms with Crippen molar-refractivity contribution in [3.05, 3.63) is 69.9 Å². The molecule has 28 heavy (non-hydrogen) atoms. The minimum Gasteiger partial charge on any atom is -0.379 e. The van der Waals surface area contributed by atoms with Gasteiger partial charge < -0.3 is 13.5 Å². The number of hydrogen-bond acceptors (Lipinski definition) is 4. The lowest BCUT2D eigenvalue weighted by Gasteiger charge is -2.26. The molecule has 0 spiro atoms. The average molecular weight is 509 g/mol. The van der Waals surface area contributed by atoms with Gasteiger partial charge in [0.25, 0.3) is 0 Å². The van der Waals surface area contributed by atoms with Crippen LogP contribution in [0.3, 0.4) is 0 Å². The van der Waals surface area contributed by atoms with E-state index in [1.807, 2.05) is 47.3 Å². The molecule has 1 saturated heterocycles. The van der Waals surface area contributed by atoms with Crippen LogP contribution in [0.25, 0.3) is 11.3 Å². The van der Waals surface area contributed by atoms with Crippen molar-refractivity contribution in [2.24, 2.45) is 0 Å². The van der Waals surface area contributed by atoms with E-state index in [1.54, 1.807) is 6.20 Å². The third-order valence-electron chi connectivity index (χ3n) is 4.39. The monoisotopic (exact) mass is 507 g/mol. The number of halogens is 2. The first-order valence-corrected chi connectivity index (χ1v) is 10.3. The Bertz CT molecular complexity index is 1040. The largest absolute Gasteiger partial charge is 0.379 e. The summed E-state index contributed by atoms with van der Waals surface area (Å²) in [5.74, 6) is 0. The molecule has 4 aromatic heterocycles. The molecule has 5 heterocycles. The quantitative estimate of drug-likeness (QED) is 0.395. The maximum atomic E-state index is 5.35. The summed E-state index contributed by atoms with van der Waals surface area (Å²) in [4.78, 5) is 10.9. The Morgan fingerprint density at radius 1 is 0.929 bits per heavy atom. The molecule has 148 valence electrons. The van der Waals surface area contributed by atoms with Crippen molar-refractivity contribution >= 4 is 43.2 Å². The highest BCUT2D eigenvalue weighted by atomic mass is 79.9. The van der Waals surface area contributed by atoms with Crippen molar-refractivity contribution in [2.45, 2.75) is 14.0 Å². The van der Waals surface area contributed by atoms with E-state index in [-0.39, 0.29) is 7.43 Å². The maximum absolute atomic E-state index is 5.35. The third kappa shape index (κ3) is 5.00. The lowest BCUT2D eigenvalue weighted by molar-refractivity contribution is 0.0335. The van der Waals surface area contributed by atoms with Crippen LogP contribution in [0.1, 0.15) is 13.1 Å². The summed E-state index contributed by atoms with van der Waals surface area (Å²) in [5.41, 5.74) is 3.20. The molecule has 1 fully saturated rings. The molecule has 0 saturated carbocycles. The first kappa shape index (κ1) is 21.0. The van der Waals surface area contributed by atoms with Gasteiger partial charge in [-0.1, -0.05) is 7.43 Å². The van der Waals surface area contributed by atoms with Crippen molar-refractivity contribution in [3.63, 3.8) is 0 Å². The lowest BCUT2D eigenvalue weighted by Crippen LogP contribution is -2.35. The van der Waals surface area contributed by atoms with E-state index < -0.39 is 0 Å². The van der Waals surface area contributed by atoms with Crippen molar-refractivity contribution < 1.29 is 4.74 Å². The van der Waals surface area contributed by atoms with Gasteiger partial charge in [-0.25, -0.2) is 9.97 Å². The van der Waals surface area contributed by atoms with Gasteiger partial charge in [0.2, 0.25) is 0 Å². The van der Waals surface area contributed by atoms with Gasteiger partial charge in [0.1, 0.15) is 11.3 Å². The van der Waals surface area contributed by atoms with Crippen molar-refractivity contribution in [3.8, 4) is 0 Å². The fraction of sp³-hybridized carbons (Fsp3) is 0.300. The molecule has 0 unspecified atom stereocenters. The van der Waals surface area contributed by atoms with Gasteiger partial charge in [0, 0.05) is 53.4 Å². The summed E-state index contributed by atoms with van der Waals surface area (Å²) in [6.07, 6.45) is 9.69. The molecule has 0 radical (unpaired) electrons. The van der Waals surface area contributed by atoms with Crippen molar-refractivity contribution in [2.75, 3.05) is 26.3 Å². The van der Waals surface area contributed by atoms with Gasteiger partial charge >= 0.3 is 0 Å². The predicted molar refractivity (Wildman–Crippen MR) is 119 cm³/mol. The van der Waals surface area contributed by atoms with Crippen LogP contribution in [0.4, 0.5) is 0 Å². The van der Waals surface area contributed by atoms with E-state index in [4.69, 9.17) is 4.74 Å². The number of ether oxygens (including phenoxy) is 1. The second kappa shape index (κ2) is 9.65. The number of aromatic nitrogens is 4. The number of nitrogens with zero attached hydrogens (tertiary/aromatic N) is 5. The summed E-state index contributed by atoms with van der Waals surface area (Å²) < 4.78 is 11.6. The Morgan fingerprint density at radius 2 is 1.64 bits per heavy atom. The summed E-state index contributed by atoms with van der Waals surface area (Å²) in [6.45, 7) is 4.60. The van der Waals surface area contributed by atoms with Gasteiger partial charge in [-0.05, 0) is 56.1 Å². The molecule has 0 amide bonds. The number of morpholine rings is 1. The average Bonchev–Trinajstić information content (AvgIpc) is 3.30. The van der Waals surface area contributed by atoms with Crippen LogP contribution in [0.5, 0.6) is 0 Å². The second-order valence-corrected chi connectivity index (χ2v) is 8.08. The van der Waals surface area contributed by atoms with Crippen LogP contribution in [-0.2, 0) is 11.3 Å². The lowest BCUT2D eigenvalue weighted by atomic mass is 10.3. The third-order valence-corrected chi connectivity index (χ3v) is 5.33. The zero-order valence-corrected chi connectivity index (χ0v) is 17.8. The zero-order chi connectivity index (χ0) is 18.6. The second-order valence-electron chi connectivity index (χ2n) is 6.25. The molecular formula is C20H23Br2N5O. The molecule has 0 atom stereocenters. The summed E-state index contributed by atoms with van der Waals surface area (Å²) in [7, 11) is 0. The van der Waals surface area contributed by atoms with Gasteiger partial charge in [0.05, 0.1) is 25.1 Å². The van der Waals surface area contributed by atoms with E-state index in [2.05, 4.69) is 57.3 Å². The Balaban J connectivity index is 0.000000175. The van der Waals surface area contributed by atoms with E-state index in [0.29, 0.717) is 0 Å². The van der Waals surface area contributed by atoms with E-state index in [0.717, 1.165) is 53.1 Å². The minimum absolute atomic E-state index is 0. The molecule has 0 aliphatic carbocycles. The molecule has 6 nitrogen and oxygen atoms in total. The number of imidazole rings is 2. The first-order chi connectivity index (χ1) is 13.2. The summed E-state index contributed by atoms with van der Waals surface area (Å²) >= 11 is 6.86. The van der Waals surface area contributed by atoms with Gasteiger partial charge in [-0.3, -0.25) is 4.90 Å². The number of hydrogen-bond donors (Lipinski definition) is 0. The smallest absolute Gasteiger partial charge is 0.136 e. The highest BCUT2D eigenvalue weighted by Crippen LogP contribution is 2.15. The topological polar surface area (TPSA) is 47.1 Å². The van der Waals surface area contributed by atoms with Gasteiger partial charge in [0.15, 0.2) is 0 Å². The van der Waals surface area contributed by atoms with E-state index >= 15 is 0 Å². The highest BCUT2D eigenvalue weighted by molar-refractivity contribution is 9.10. The number of fused-ring (bicyclic) bond motifs is 2. The molecule has 0 N–H and O–H groups in total. The Morgan fingerprint density at radius 3 is 2.43 bits per heavy atom. The fourth-order valence-corrected chi connectivity index (χ4v) is 3.69. The van der Waals surface area contributed by atoms with Crippen LogP contribution in [0.2, 0.25) is 0 Å². The maximum Gasteiger partial charge on any atom is 0.136 e. The fourth-order valence-electron chi connectivity index (χ4n) is 3.00. The molecule has 1 aliphatic rings. The highest BCUT2D eigenvalue weighted by Gasteiger charge is 2.13. The number of pyridine rings is 2. The normalized spacial score (nSPS) is 14.5. The number of rotatable bonds is 2. The first-order valence-electron chi connectivity index (χ1n) is 8.69. The molecule has 4 aromatic rings.